The topological polar surface area (TPSA) is 111 Å². The molecule has 1 fully saturated rings. The quantitative estimate of drug-likeness (QED) is 0.551. The third kappa shape index (κ3) is 2.79. The predicted molar refractivity (Wildman–Crippen MR) is 108 cm³/mol. The van der Waals surface area contributed by atoms with Crippen LogP contribution in [0, 0.1) is 11.3 Å². The highest BCUT2D eigenvalue weighted by atomic mass is 16.2. The Morgan fingerprint density at radius 2 is 2.07 bits per heavy atom. The number of aromatic amines is 2. The van der Waals surface area contributed by atoms with Crippen LogP contribution in [0.4, 0.5) is 0 Å². The van der Waals surface area contributed by atoms with E-state index in [1.165, 1.54) is 0 Å². The molecular weight excluding hydrogens is 368 g/mol. The number of fused-ring (bicyclic) bond motifs is 3. The van der Waals surface area contributed by atoms with Gasteiger partial charge < -0.3 is 14.9 Å². The van der Waals surface area contributed by atoms with Gasteiger partial charge in [-0.3, -0.25) is 9.36 Å². The van der Waals surface area contributed by atoms with Gasteiger partial charge in [0.25, 0.3) is 5.91 Å². The number of pyridine rings is 1. The first kappa shape index (κ1) is 17.3. The maximum atomic E-state index is 13.0. The summed E-state index contributed by atoms with van der Waals surface area (Å²) in [6, 6.07) is 10.5. The molecule has 1 atom stereocenters. The zero-order valence-electron chi connectivity index (χ0n) is 15.6. The van der Waals surface area contributed by atoms with Crippen molar-refractivity contribution in [2.24, 2.45) is 0 Å². The third-order valence-corrected chi connectivity index (χ3v) is 5.57. The van der Waals surface area contributed by atoms with Gasteiger partial charge in [-0.25, -0.2) is 9.78 Å². The van der Waals surface area contributed by atoms with Crippen LogP contribution < -0.4 is 5.69 Å². The zero-order chi connectivity index (χ0) is 20.0. The first-order valence-electron chi connectivity index (χ1n) is 9.51. The van der Waals surface area contributed by atoms with Crippen LogP contribution in [-0.2, 0) is 0 Å². The van der Waals surface area contributed by atoms with E-state index in [2.05, 4.69) is 21.0 Å². The molecule has 8 heteroatoms. The van der Waals surface area contributed by atoms with Crippen LogP contribution in [0.15, 0.2) is 47.5 Å². The smallest absolute Gasteiger partial charge is 0.326 e. The van der Waals surface area contributed by atoms with Gasteiger partial charge in [-0.05, 0) is 43.2 Å². The van der Waals surface area contributed by atoms with Gasteiger partial charge in [-0.2, -0.15) is 5.26 Å². The van der Waals surface area contributed by atoms with E-state index in [-0.39, 0.29) is 17.6 Å². The van der Waals surface area contributed by atoms with Crippen molar-refractivity contribution in [3.8, 4) is 6.07 Å². The number of nitrogens with zero attached hydrogens (tertiary/aromatic N) is 4. The molecule has 2 N–H and O–H groups in total. The second-order valence-electron chi connectivity index (χ2n) is 7.30. The fourth-order valence-corrected chi connectivity index (χ4v) is 4.19. The van der Waals surface area contributed by atoms with E-state index in [1.54, 1.807) is 46.1 Å². The Morgan fingerprint density at radius 3 is 2.86 bits per heavy atom. The molecule has 0 aliphatic carbocycles. The number of piperidine rings is 1. The van der Waals surface area contributed by atoms with E-state index in [0.29, 0.717) is 29.7 Å². The second-order valence-corrected chi connectivity index (χ2v) is 7.30. The number of nitrogens with one attached hydrogen (secondary N) is 2. The molecule has 8 nitrogen and oxygen atoms in total. The molecule has 1 saturated heterocycles. The lowest BCUT2D eigenvalue weighted by molar-refractivity contribution is 0.0680. The monoisotopic (exact) mass is 386 g/mol. The predicted octanol–water partition coefficient (Wildman–Crippen LogP) is 2.55. The molecule has 4 aromatic rings. The third-order valence-electron chi connectivity index (χ3n) is 5.57. The summed E-state index contributed by atoms with van der Waals surface area (Å²) in [5.74, 6) is -0.0828. The Labute approximate surface area is 165 Å². The van der Waals surface area contributed by atoms with Crippen LogP contribution in [0.3, 0.4) is 0 Å². The largest absolute Gasteiger partial charge is 0.346 e. The van der Waals surface area contributed by atoms with E-state index in [9.17, 15) is 9.59 Å². The number of hydrogen-bond donors (Lipinski definition) is 2. The molecule has 1 aromatic carbocycles. The van der Waals surface area contributed by atoms with Crippen molar-refractivity contribution < 1.29 is 4.79 Å². The van der Waals surface area contributed by atoms with E-state index in [0.717, 1.165) is 29.4 Å². The van der Waals surface area contributed by atoms with Gasteiger partial charge in [0, 0.05) is 30.2 Å². The van der Waals surface area contributed by atoms with Gasteiger partial charge in [0.15, 0.2) is 0 Å². The molecule has 1 aliphatic rings. The highest BCUT2D eigenvalue weighted by Crippen LogP contribution is 2.28. The minimum atomic E-state index is -0.187. The summed E-state index contributed by atoms with van der Waals surface area (Å²) in [6.07, 6.45) is 5.10. The van der Waals surface area contributed by atoms with E-state index in [1.807, 2.05) is 6.07 Å². The van der Waals surface area contributed by atoms with E-state index < -0.39 is 0 Å². The molecule has 0 spiro atoms. The number of amides is 1. The summed E-state index contributed by atoms with van der Waals surface area (Å²) in [7, 11) is 0. The molecule has 0 bridgehead atoms. The minimum absolute atomic E-state index is 0.0828. The number of likely N-dealkylation sites (tertiary alicyclic amines) is 1. The lowest BCUT2D eigenvalue weighted by atomic mass is 10.0. The zero-order valence-corrected chi connectivity index (χ0v) is 15.6. The van der Waals surface area contributed by atoms with Crippen LogP contribution in [0.1, 0.15) is 34.8 Å². The van der Waals surface area contributed by atoms with Gasteiger partial charge in [0.1, 0.15) is 5.65 Å². The molecule has 4 heterocycles. The highest BCUT2D eigenvalue weighted by molar-refractivity contribution is 6.01. The second kappa shape index (κ2) is 6.63. The Hall–Kier alpha value is -3.86. The Morgan fingerprint density at radius 1 is 1.24 bits per heavy atom. The average Bonchev–Trinajstić information content (AvgIpc) is 3.36. The number of hydrogen-bond acceptors (Lipinski definition) is 4. The van der Waals surface area contributed by atoms with Gasteiger partial charge in [-0.1, -0.05) is 0 Å². The van der Waals surface area contributed by atoms with E-state index >= 15 is 0 Å². The van der Waals surface area contributed by atoms with Gasteiger partial charge in [0.05, 0.1) is 34.9 Å². The first-order chi connectivity index (χ1) is 14.2. The van der Waals surface area contributed by atoms with Crippen LogP contribution in [0.5, 0.6) is 0 Å². The van der Waals surface area contributed by atoms with Crippen LogP contribution in [0.2, 0.25) is 0 Å². The van der Waals surface area contributed by atoms with Gasteiger partial charge >= 0.3 is 5.69 Å². The Balaban J connectivity index is 1.50. The maximum absolute atomic E-state index is 13.0. The number of carbonyl (C=O) groups is 1. The first-order valence-corrected chi connectivity index (χ1v) is 9.51. The van der Waals surface area contributed by atoms with Gasteiger partial charge in [0.2, 0.25) is 0 Å². The Kier molecular flexibility index (Phi) is 3.95. The normalized spacial score (nSPS) is 16.9. The van der Waals surface area contributed by atoms with Crippen molar-refractivity contribution >= 4 is 28.0 Å². The van der Waals surface area contributed by atoms with E-state index in [4.69, 9.17) is 5.26 Å². The summed E-state index contributed by atoms with van der Waals surface area (Å²) in [5, 5.41) is 9.83. The van der Waals surface area contributed by atoms with Crippen molar-refractivity contribution in [3.05, 3.63) is 64.3 Å². The standard InChI is InChI=1S/C21H18N6O2/c22-10-13-3-5-14(6-4-13)20(28)26-9-1-2-15(12-26)27-18-16-7-8-23-19(16)24-11-17(18)25-21(27)29/h3-8,11,15H,1-2,9,12H2,(H,23,24)(H,25,29)/t15-/m1/s1. The minimum Gasteiger partial charge on any atom is -0.346 e. The molecule has 144 valence electrons. The summed E-state index contributed by atoms with van der Waals surface area (Å²) in [5.41, 5.74) is 3.12. The number of rotatable bonds is 2. The van der Waals surface area contributed by atoms with Crippen molar-refractivity contribution in [1.29, 1.82) is 5.26 Å². The van der Waals surface area contributed by atoms with Crippen LogP contribution in [0.25, 0.3) is 22.1 Å². The van der Waals surface area contributed by atoms with Gasteiger partial charge in [-0.15, -0.1) is 0 Å². The number of benzene rings is 1. The number of H-pyrrole nitrogens is 2. The summed E-state index contributed by atoms with van der Waals surface area (Å²) in [4.78, 5) is 37.8. The lowest BCUT2D eigenvalue weighted by Gasteiger charge is -2.33. The number of carbonyl (C=O) groups excluding carboxylic acids is 1. The molecule has 0 unspecified atom stereocenters. The molecule has 3 aromatic heterocycles. The maximum Gasteiger partial charge on any atom is 0.326 e. The number of imidazole rings is 1. The molecule has 5 rings (SSSR count). The van der Waals surface area contributed by atoms with Crippen LogP contribution >= 0.6 is 0 Å². The van der Waals surface area contributed by atoms with Crippen molar-refractivity contribution in [2.45, 2.75) is 18.9 Å². The average molecular weight is 386 g/mol. The fraction of sp³-hybridized carbons (Fsp3) is 0.238. The highest BCUT2D eigenvalue weighted by Gasteiger charge is 2.28. The summed E-state index contributed by atoms with van der Waals surface area (Å²) < 4.78 is 1.77. The van der Waals surface area contributed by atoms with Crippen LogP contribution in [-0.4, -0.2) is 43.4 Å². The molecular formula is C21H18N6O2. The van der Waals surface area contributed by atoms with Crippen molar-refractivity contribution in [1.82, 2.24) is 24.4 Å². The fourth-order valence-electron chi connectivity index (χ4n) is 4.19. The Bertz CT molecular complexity index is 1320. The number of aromatic nitrogens is 4. The molecule has 1 aliphatic heterocycles. The summed E-state index contributed by atoms with van der Waals surface area (Å²) in [6.45, 7) is 1.10. The number of nitriles is 1. The molecule has 0 radical (unpaired) electrons. The summed E-state index contributed by atoms with van der Waals surface area (Å²) >= 11 is 0. The SMILES string of the molecule is N#Cc1ccc(C(=O)N2CCC[C@@H](n3c(=O)[nH]c4cnc5[nH]ccc5c43)C2)cc1. The van der Waals surface area contributed by atoms with Crippen molar-refractivity contribution in [3.63, 3.8) is 0 Å². The molecule has 0 saturated carbocycles. The molecule has 29 heavy (non-hydrogen) atoms. The lowest BCUT2D eigenvalue weighted by Crippen LogP contribution is -2.42. The molecule has 1 amide bonds. The van der Waals surface area contributed by atoms with Crippen molar-refractivity contribution in [2.75, 3.05) is 13.1 Å².